The number of hydrogen-bond acceptors (Lipinski definition) is 4. The Bertz CT molecular complexity index is 569. The van der Waals surface area contributed by atoms with Crippen LogP contribution in [0.25, 0.3) is 0 Å². The van der Waals surface area contributed by atoms with Gasteiger partial charge in [-0.3, -0.25) is 0 Å². The van der Waals surface area contributed by atoms with Crippen molar-refractivity contribution < 1.29 is 18.7 Å². The minimum absolute atomic E-state index is 0.202. The second kappa shape index (κ2) is 5.14. The molecule has 0 aliphatic heterocycles. The van der Waals surface area contributed by atoms with Gasteiger partial charge in [0.1, 0.15) is 11.6 Å². The van der Waals surface area contributed by atoms with Gasteiger partial charge in [-0.2, -0.15) is 0 Å². The van der Waals surface area contributed by atoms with Crippen LogP contribution >= 0.6 is 11.8 Å². The van der Waals surface area contributed by atoms with Crippen LogP contribution in [-0.2, 0) is 5.75 Å². The van der Waals surface area contributed by atoms with Crippen molar-refractivity contribution >= 4 is 23.4 Å². The number of carboxylic acids is 1. The van der Waals surface area contributed by atoms with Crippen LogP contribution in [0.5, 0.6) is 0 Å². The SMILES string of the molecule is Nc1c(F)ccc(SCc2ccco2)c1C(=O)O. The first-order valence-corrected chi connectivity index (χ1v) is 6.04. The van der Waals surface area contributed by atoms with Crippen molar-refractivity contribution in [3.8, 4) is 0 Å². The zero-order chi connectivity index (χ0) is 13.1. The average molecular weight is 267 g/mol. The van der Waals surface area contributed by atoms with E-state index in [1.165, 1.54) is 24.1 Å². The molecule has 2 aromatic rings. The zero-order valence-electron chi connectivity index (χ0n) is 9.22. The van der Waals surface area contributed by atoms with E-state index in [9.17, 15) is 9.18 Å². The quantitative estimate of drug-likeness (QED) is 0.657. The predicted octanol–water partition coefficient (Wildman–Crippen LogP) is 2.99. The van der Waals surface area contributed by atoms with Crippen LogP contribution < -0.4 is 5.73 Å². The van der Waals surface area contributed by atoms with Gasteiger partial charge in [-0.15, -0.1) is 11.8 Å². The number of halogens is 1. The monoisotopic (exact) mass is 267 g/mol. The smallest absolute Gasteiger partial charge is 0.339 e. The molecule has 0 unspecified atom stereocenters. The number of furan rings is 1. The lowest BCUT2D eigenvalue weighted by atomic mass is 10.2. The predicted molar refractivity (Wildman–Crippen MR) is 66.0 cm³/mol. The molecule has 6 heteroatoms. The number of anilines is 1. The van der Waals surface area contributed by atoms with Gasteiger partial charge in [0.25, 0.3) is 0 Å². The topological polar surface area (TPSA) is 76.5 Å². The molecule has 18 heavy (non-hydrogen) atoms. The molecule has 1 aromatic heterocycles. The summed E-state index contributed by atoms with van der Waals surface area (Å²) < 4.78 is 18.4. The first-order chi connectivity index (χ1) is 8.59. The van der Waals surface area contributed by atoms with E-state index in [0.29, 0.717) is 16.4 Å². The molecule has 2 rings (SSSR count). The molecule has 0 atom stereocenters. The fraction of sp³-hybridized carbons (Fsp3) is 0.0833. The molecule has 1 heterocycles. The Morgan fingerprint density at radius 2 is 2.22 bits per heavy atom. The molecule has 1 aromatic carbocycles. The fourth-order valence-corrected chi connectivity index (χ4v) is 2.43. The van der Waals surface area contributed by atoms with Gasteiger partial charge in [0.05, 0.1) is 23.3 Å². The van der Waals surface area contributed by atoms with Crippen LogP contribution in [0.1, 0.15) is 16.1 Å². The average Bonchev–Trinajstić information content (AvgIpc) is 2.83. The van der Waals surface area contributed by atoms with E-state index >= 15 is 0 Å². The van der Waals surface area contributed by atoms with Gasteiger partial charge in [-0.25, -0.2) is 9.18 Å². The van der Waals surface area contributed by atoms with Crippen molar-refractivity contribution in [2.45, 2.75) is 10.6 Å². The van der Waals surface area contributed by atoms with E-state index in [2.05, 4.69) is 0 Å². The molecule has 0 radical (unpaired) electrons. The number of benzene rings is 1. The molecule has 0 aliphatic carbocycles. The van der Waals surface area contributed by atoms with E-state index in [-0.39, 0.29) is 11.3 Å². The van der Waals surface area contributed by atoms with Crippen LogP contribution in [0.4, 0.5) is 10.1 Å². The number of thioether (sulfide) groups is 1. The minimum Gasteiger partial charge on any atom is -0.478 e. The number of rotatable bonds is 4. The number of carboxylic acid groups (broad SMARTS) is 1. The molecular formula is C12H10FNO3S. The summed E-state index contributed by atoms with van der Waals surface area (Å²) in [6, 6.07) is 6.09. The lowest BCUT2D eigenvalue weighted by Crippen LogP contribution is -2.06. The van der Waals surface area contributed by atoms with Crippen LogP contribution in [-0.4, -0.2) is 11.1 Å². The summed E-state index contributed by atoms with van der Waals surface area (Å²) in [6.07, 6.45) is 1.53. The first-order valence-electron chi connectivity index (χ1n) is 5.06. The van der Waals surface area contributed by atoms with Gasteiger partial charge in [0.2, 0.25) is 0 Å². The number of nitrogen functional groups attached to an aromatic ring is 1. The normalized spacial score (nSPS) is 10.5. The molecule has 4 nitrogen and oxygen atoms in total. The molecule has 94 valence electrons. The molecular weight excluding hydrogens is 257 g/mol. The lowest BCUT2D eigenvalue weighted by Gasteiger charge is -2.08. The highest BCUT2D eigenvalue weighted by molar-refractivity contribution is 7.98. The van der Waals surface area contributed by atoms with E-state index in [0.717, 1.165) is 6.07 Å². The highest BCUT2D eigenvalue weighted by atomic mass is 32.2. The summed E-state index contributed by atoms with van der Waals surface area (Å²) in [5.74, 6) is -0.804. The maximum Gasteiger partial charge on any atom is 0.339 e. The Morgan fingerprint density at radius 1 is 1.44 bits per heavy atom. The number of hydrogen-bond donors (Lipinski definition) is 2. The van der Waals surface area contributed by atoms with Crippen molar-refractivity contribution in [3.63, 3.8) is 0 Å². The summed E-state index contributed by atoms with van der Waals surface area (Å²) in [4.78, 5) is 11.5. The third-order valence-electron chi connectivity index (χ3n) is 2.32. The highest BCUT2D eigenvalue weighted by Crippen LogP contribution is 2.31. The van der Waals surface area contributed by atoms with Gasteiger partial charge in [-0.05, 0) is 24.3 Å². The van der Waals surface area contributed by atoms with Crippen LogP contribution in [0.3, 0.4) is 0 Å². The highest BCUT2D eigenvalue weighted by Gasteiger charge is 2.17. The molecule has 0 spiro atoms. The van der Waals surface area contributed by atoms with E-state index < -0.39 is 11.8 Å². The lowest BCUT2D eigenvalue weighted by molar-refractivity contribution is 0.0694. The van der Waals surface area contributed by atoms with Crippen LogP contribution in [0, 0.1) is 5.82 Å². The molecule has 0 saturated heterocycles. The van der Waals surface area contributed by atoms with Crippen molar-refractivity contribution in [1.29, 1.82) is 0 Å². The summed E-state index contributed by atoms with van der Waals surface area (Å²) in [5.41, 5.74) is 4.90. The van der Waals surface area contributed by atoms with Crippen molar-refractivity contribution in [3.05, 3.63) is 47.7 Å². The molecule has 0 fully saturated rings. The van der Waals surface area contributed by atoms with Gasteiger partial charge in [0, 0.05) is 4.90 Å². The second-order valence-corrected chi connectivity index (χ2v) is 4.52. The third kappa shape index (κ3) is 2.48. The Balaban J connectivity index is 2.27. The van der Waals surface area contributed by atoms with E-state index in [1.807, 2.05) is 0 Å². The van der Waals surface area contributed by atoms with Gasteiger partial charge in [-0.1, -0.05) is 0 Å². The van der Waals surface area contributed by atoms with Gasteiger partial charge < -0.3 is 15.3 Å². The molecule has 3 N–H and O–H groups in total. The number of nitrogens with two attached hydrogens (primary N) is 1. The van der Waals surface area contributed by atoms with Crippen molar-refractivity contribution in [2.24, 2.45) is 0 Å². The van der Waals surface area contributed by atoms with E-state index in [4.69, 9.17) is 15.3 Å². The van der Waals surface area contributed by atoms with Crippen molar-refractivity contribution in [1.82, 2.24) is 0 Å². The molecule has 0 amide bonds. The van der Waals surface area contributed by atoms with Crippen LogP contribution in [0.2, 0.25) is 0 Å². The standard InChI is InChI=1S/C12H10FNO3S/c13-8-3-4-9(10(11(8)14)12(15)16)18-6-7-2-1-5-17-7/h1-5H,6,14H2,(H,15,16). The summed E-state index contributed by atoms with van der Waals surface area (Å²) in [5, 5.41) is 9.04. The largest absolute Gasteiger partial charge is 0.478 e. The fourth-order valence-electron chi connectivity index (χ4n) is 1.46. The Kier molecular flexibility index (Phi) is 3.57. The maximum atomic E-state index is 13.2. The van der Waals surface area contributed by atoms with E-state index in [1.54, 1.807) is 12.1 Å². The zero-order valence-corrected chi connectivity index (χ0v) is 10.0. The number of aromatic carboxylic acids is 1. The van der Waals surface area contributed by atoms with Crippen molar-refractivity contribution in [2.75, 3.05) is 5.73 Å². The third-order valence-corrected chi connectivity index (χ3v) is 3.40. The summed E-state index contributed by atoms with van der Waals surface area (Å²) in [7, 11) is 0. The van der Waals surface area contributed by atoms with Gasteiger partial charge >= 0.3 is 5.97 Å². The van der Waals surface area contributed by atoms with Gasteiger partial charge in [0.15, 0.2) is 0 Å². The van der Waals surface area contributed by atoms with Crippen LogP contribution in [0.15, 0.2) is 39.8 Å². The molecule has 0 aliphatic rings. The maximum absolute atomic E-state index is 13.2. The minimum atomic E-state index is -1.24. The first kappa shape index (κ1) is 12.5. The number of carbonyl (C=O) groups is 1. The molecule has 0 saturated carbocycles. The Hall–Kier alpha value is -1.95. The summed E-state index contributed by atoms with van der Waals surface area (Å²) in [6.45, 7) is 0. The Morgan fingerprint density at radius 3 is 2.83 bits per heavy atom. The molecule has 0 bridgehead atoms. The second-order valence-electron chi connectivity index (χ2n) is 3.51. The Labute approximate surface area is 107 Å². The summed E-state index contributed by atoms with van der Waals surface area (Å²) >= 11 is 1.23.